The molecule has 0 saturated carbocycles. The minimum Gasteiger partial charge on any atom is -0.287 e. The van der Waals surface area contributed by atoms with Gasteiger partial charge in [-0.2, -0.15) is 0 Å². The van der Waals surface area contributed by atoms with Crippen LogP contribution in [0.4, 0.5) is 5.69 Å². The molecule has 0 aromatic heterocycles. The first-order chi connectivity index (χ1) is 11.2. The third-order valence-electron chi connectivity index (χ3n) is 3.56. The molecular weight excluding hydrogens is 294 g/mol. The summed E-state index contributed by atoms with van der Waals surface area (Å²) >= 11 is 0. The molecule has 2 aromatic carbocycles. The highest BCUT2D eigenvalue weighted by Crippen LogP contribution is 2.22. The molecule has 1 heterocycles. The zero-order chi connectivity index (χ0) is 16.2. The Balaban J connectivity index is 1.65. The van der Waals surface area contributed by atoms with Crippen LogP contribution in [0.1, 0.15) is 16.8 Å². The van der Waals surface area contributed by atoms with E-state index in [1.807, 2.05) is 6.07 Å². The molecule has 2 aromatic rings. The Morgan fingerprint density at radius 3 is 2.22 bits per heavy atom. The fraction of sp³-hybridized carbons (Fsp3) is 0.118. The average molecular weight is 309 g/mol. The Kier molecular flexibility index (Phi) is 4.16. The first-order valence-corrected chi connectivity index (χ1v) is 7.19. The minimum absolute atomic E-state index is 0.00278. The van der Waals surface area contributed by atoms with E-state index >= 15 is 0 Å². The summed E-state index contributed by atoms with van der Waals surface area (Å²) in [6.45, 7) is 0. The molecule has 0 spiro atoms. The van der Waals surface area contributed by atoms with Crippen LogP contribution in [0.2, 0.25) is 0 Å². The van der Waals surface area contributed by atoms with Crippen molar-refractivity contribution in [1.82, 2.24) is 10.9 Å². The van der Waals surface area contributed by atoms with Crippen LogP contribution in [0.25, 0.3) is 0 Å². The van der Waals surface area contributed by atoms with Gasteiger partial charge in [-0.05, 0) is 24.3 Å². The number of rotatable bonds is 4. The van der Waals surface area contributed by atoms with Gasteiger partial charge in [0.15, 0.2) is 0 Å². The number of hydrazine groups is 1. The number of nitrogens with zero attached hydrogens (tertiary/aromatic N) is 1. The van der Waals surface area contributed by atoms with E-state index in [0.29, 0.717) is 11.3 Å². The average Bonchev–Trinajstić information content (AvgIpc) is 2.88. The van der Waals surface area contributed by atoms with Crippen LogP contribution in [0.15, 0.2) is 60.7 Å². The summed E-state index contributed by atoms with van der Waals surface area (Å²) in [5, 5.41) is 0. The highest BCUT2D eigenvalue weighted by Gasteiger charge is 2.39. The number of para-hydroxylation sites is 1. The van der Waals surface area contributed by atoms with E-state index in [1.165, 1.54) is 0 Å². The number of carbonyl (C=O) groups excluding carboxylic acids is 3. The summed E-state index contributed by atoms with van der Waals surface area (Å²) in [5.41, 5.74) is 6.12. The number of hydrogen-bond donors (Lipinski definition) is 2. The monoisotopic (exact) mass is 309 g/mol. The molecule has 0 unspecified atom stereocenters. The number of imide groups is 1. The van der Waals surface area contributed by atoms with Crippen LogP contribution in [0, 0.1) is 0 Å². The fourth-order valence-corrected chi connectivity index (χ4v) is 2.41. The number of benzene rings is 2. The van der Waals surface area contributed by atoms with Crippen LogP contribution in [0.5, 0.6) is 0 Å². The van der Waals surface area contributed by atoms with Crippen molar-refractivity contribution in [3.05, 3.63) is 66.2 Å². The predicted octanol–water partition coefficient (Wildman–Crippen LogP) is 1.25. The summed E-state index contributed by atoms with van der Waals surface area (Å²) in [5.74, 6) is -1.04. The normalized spacial score (nSPS) is 17.4. The molecule has 0 radical (unpaired) electrons. The van der Waals surface area contributed by atoms with Crippen LogP contribution in [-0.2, 0) is 9.59 Å². The predicted molar refractivity (Wildman–Crippen MR) is 84.4 cm³/mol. The Hall–Kier alpha value is -2.99. The van der Waals surface area contributed by atoms with Gasteiger partial charge in [0.2, 0.25) is 5.91 Å². The van der Waals surface area contributed by atoms with Crippen molar-refractivity contribution >= 4 is 23.4 Å². The number of nitrogens with one attached hydrogen (secondary N) is 2. The van der Waals surface area contributed by atoms with Gasteiger partial charge < -0.3 is 0 Å². The second kappa shape index (κ2) is 6.41. The van der Waals surface area contributed by atoms with E-state index in [1.54, 1.807) is 54.6 Å². The molecule has 116 valence electrons. The first kappa shape index (κ1) is 14.9. The third kappa shape index (κ3) is 3.12. The van der Waals surface area contributed by atoms with E-state index in [9.17, 15) is 14.4 Å². The van der Waals surface area contributed by atoms with Gasteiger partial charge in [0.1, 0.15) is 6.04 Å². The highest BCUT2D eigenvalue weighted by atomic mass is 16.2. The Labute approximate surface area is 133 Å². The molecule has 1 aliphatic rings. The summed E-state index contributed by atoms with van der Waals surface area (Å²) in [6.07, 6.45) is 0.00278. The highest BCUT2D eigenvalue weighted by molar-refractivity contribution is 6.22. The second-order valence-corrected chi connectivity index (χ2v) is 5.12. The zero-order valence-corrected chi connectivity index (χ0v) is 12.2. The van der Waals surface area contributed by atoms with Crippen molar-refractivity contribution in [1.29, 1.82) is 0 Å². The van der Waals surface area contributed by atoms with Crippen molar-refractivity contribution < 1.29 is 14.4 Å². The maximum atomic E-state index is 12.4. The number of hydrogen-bond acceptors (Lipinski definition) is 4. The maximum Gasteiger partial charge on any atom is 0.265 e. The van der Waals surface area contributed by atoms with Crippen LogP contribution < -0.4 is 15.8 Å². The van der Waals surface area contributed by atoms with E-state index in [2.05, 4.69) is 10.9 Å². The molecule has 1 aliphatic heterocycles. The Morgan fingerprint density at radius 2 is 1.57 bits per heavy atom. The van der Waals surface area contributed by atoms with Gasteiger partial charge in [-0.1, -0.05) is 36.4 Å². The van der Waals surface area contributed by atoms with E-state index in [0.717, 1.165) is 4.90 Å². The number of carbonyl (C=O) groups is 3. The van der Waals surface area contributed by atoms with Gasteiger partial charge in [0, 0.05) is 5.56 Å². The molecule has 0 aliphatic carbocycles. The smallest absolute Gasteiger partial charge is 0.265 e. The molecule has 23 heavy (non-hydrogen) atoms. The van der Waals surface area contributed by atoms with Crippen molar-refractivity contribution in [2.24, 2.45) is 0 Å². The number of amides is 3. The van der Waals surface area contributed by atoms with Gasteiger partial charge in [0.25, 0.3) is 11.8 Å². The fourth-order valence-electron chi connectivity index (χ4n) is 2.41. The Bertz CT molecular complexity index is 731. The van der Waals surface area contributed by atoms with Crippen LogP contribution in [0.3, 0.4) is 0 Å². The molecule has 2 N–H and O–H groups in total. The first-order valence-electron chi connectivity index (χ1n) is 7.19. The van der Waals surface area contributed by atoms with Gasteiger partial charge >= 0.3 is 0 Å². The van der Waals surface area contributed by atoms with Crippen molar-refractivity contribution in [3.63, 3.8) is 0 Å². The van der Waals surface area contributed by atoms with Crippen molar-refractivity contribution in [2.75, 3.05) is 4.90 Å². The molecule has 1 atom stereocenters. The summed E-state index contributed by atoms with van der Waals surface area (Å²) in [6, 6.07) is 16.6. The maximum absolute atomic E-state index is 12.4. The van der Waals surface area contributed by atoms with E-state index < -0.39 is 6.04 Å². The van der Waals surface area contributed by atoms with Gasteiger partial charge in [-0.15, -0.1) is 0 Å². The van der Waals surface area contributed by atoms with Gasteiger partial charge in [-0.25, -0.2) is 10.3 Å². The van der Waals surface area contributed by atoms with Crippen molar-refractivity contribution in [2.45, 2.75) is 12.5 Å². The lowest BCUT2D eigenvalue weighted by molar-refractivity contribution is -0.121. The third-order valence-corrected chi connectivity index (χ3v) is 3.56. The minimum atomic E-state index is -0.768. The summed E-state index contributed by atoms with van der Waals surface area (Å²) in [4.78, 5) is 37.5. The van der Waals surface area contributed by atoms with Gasteiger partial charge in [0.05, 0.1) is 12.1 Å². The standard InChI is InChI=1S/C17H15N3O3/c21-15-11-14(17(23)20(15)13-9-5-2-6-10-13)18-19-16(22)12-7-3-1-4-8-12/h1-10,14,18H,11H2,(H,19,22)/t14-/m1/s1. The molecule has 6 nitrogen and oxygen atoms in total. The molecule has 3 rings (SSSR count). The van der Waals surface area contributed by atoms with Crippen LogP contribution in [-0.4, -0.2) is 23.8 Å². The lowest BCUT2D eigenvalue weighted by atomic mass is 10.2. The molecule has 1 saturated heterocycles. The SMILES string of the molecule is O=C(NN[C@@H]1CC(=O)N(c2ccccc2)C1=O)c1ccccc1. The quantitative estimate of drug-likeness (QED) is 0.658. The molecular formula is C17H15N3O3. The van der Waals surface area contributed by atoms with E-state index in [4.69, 9.17) is 0 Å². The van der Waals surface area contributed by atoms with Crippen molar-refractivity contribution in [3.8, 4) is 0 Å². The topological polar surface area (TPSA) is 78.5 Å². The van der Waals surface area contributed by atoms with E-state index in [-0.39, 0.29) is 24.1 Å². The summed E-state index contributed by atoms with van der Waals surface area (Å²) < 4.78 is 0. The van der Waals surface area contributed by atoms with Gasteiger partial charge in [-0.3, -0.25) is 19.8 Å². The molecule has 0 bridgehead atoms. The largest absolute Gasteiger partial charge is 0.287 e. The lowest BCUT2D eigenvalue weighted by Crippen LogP contribution is -2.48. The molecule has 6 heteroatoms. The molecule has 3 amide bonds. The lowest BCUT2D eigenvalue weighted by Gasteiger charge is -2.15. The Morgan fingerprint density at radius 1 is 0.957 bits per heavy atom. The summed E-state index contributed by atoms with van der Waals surface area (Å²) in [7, 11) is 0. The number of anilines is 1. The molecule has 1 fully saturated rings. The van der Waals surface area contributed by atoms with Crippen LogP contribution >= 0.6 is 0 Å². The second-order valence-electron chi connectivity index (χ2n) is 5.12. The zero-order valence-electron chi connectivity index (χ0n) is 12.2.